The molecule has 2 heterocycles. The van der Waals surface area contributed by atoms with Gasteiger partial charge in [0.25, 0.3) is 0 Å². The molecule has 0 spiro atoms. The van der Waals surface area contributed by atoms with Crippen LogP contribution >= 0.6 is 35.6 Å². The Morgan fingerprint density at radius 1 is 1.28 bits per heavy atom. The number of halogens is 2. The van der Waals surface area contributed by atoms with Crippen molar-refractivity contribution in [1.29, 1.82) is 0 Å². The van der Waals surface area contributed by atoms with E-state index in [0.29, 0.717) is 44.4 Å². The predicted octanol–water partition coefficient (Wildman–Crippen LogP) is 2.37. The van der Waals surface area contributed by atoms with Crippen molar-refractivity contribution in [3.8, 4) is 0 Å². The Hall–Kier alpha value is -1.10. The van der Waals surface area contributed by atoms with Gasteiger partial charge in [0, 0.05) is 71.4 Å². The Labute approximate surface area is 194 Å². The molecule has 0 saturated carbocycles. The van der Waals surface area contributed by atoms with Gasteiger partial charge in [0.1, 0.15) is 0 Å². The molecule has 2 aliphatic heterocycles. The van der Waals surface area contributed by atoms with Gasteiger partial charge in [-0.25, -0.2) is 0 Å². The summed E-state index contributed by atoms with van der Waals surface area (Å²) in [6.45, 7) is 4.37. The van der Waals surface area contributed by atoms with Crippen LogP contribution in [-0.2, 0) is 20.8 Å². The fourth-order valence-electron chi connectivity index (χ4n) is 3.64. The minimum Gasteiger partial charge on any atom is -0.381 e. The van der Waals surface area contributed by atoms with Gasteiger partial charge in [-0.15, -0.1) is 24.0 Å². The Kier molecular flexibility index (Phi) is 9.45. The normalized spacial score (nSPS) is 19.7. The van der Waals surface area contributed by atoms with E-state index in [0.717, 1.165) is 30.9 Å². The van der Waals surface area contributed by atoms with Crippen LogP contribution in [0, 0.1) is 0 Å². The standard InChI is InChI=1S/C20H29ClN4O3.HI/c1-22-19(23-15-20(27-2)7-11-28-12-8-20)25-10-9-24(18(26)14-25)13-16-3-5-17(21)6-4-16;/h3-6H,7-15H2,1-2H3,(H,22,23);1H. The molecule has 7 nitrogen and oxygen atoms in total. The highest BCUT2D eigenvalue weighted by Gasteiger charge is 2.33. The molecule has 1 aromatic rings. The first kappa shape index (κ1) is 24.2. The number of amides is 1. The van der Waals surface area contributed by atoms with Crippen LogP contribution in [0.3, 0.4) is 0 Å². The second kappa shape index (κ2) is 11.3. The van der Waals surface area contributed by atoms with Crippen molar-refractivity contribution in [2.45, 2.75) is 25.0 Å². The second-order valence-electron chi connectivity index (χ2n) is 7.26. The van der Waals surface area contributed by atoms with Crippen LogP contribution < -0.4 is 5.32 Å². The number of guanidine groups is 1. The second-order valence-corrected chi connectivity index (χ2v) is 7.70. The van der Waals surface area contributed by atoms with Gasteiger partial charge in [-0.05, 0) is 17.7 Å². The number of nitrogens with one attached hydrogen (secondary N) is 1. The number of benzene rings is 1. The molecule has 2 aliphatic rings. The monoisotopic (exact) mass is 536 g/mol. The highest BCUT2D eigenvalue weighted by Crippen LogP contribution is 2.23. The lowest BCUT2D eigenvalue weighted by Crippen LogP contribution is -2.57. The number of nitrogens with zero attached hydrogens (tertiary/aromatic N) is 3. The molecule has 162 valence electrons. The number of carbonyl (C=O) groups is 1. The maximum atomic E-state index is 12.7. The van der Waals surface area contributed by atoms with Crippen molar-refractivity contribution in [2.75, 3.05) is 53.6 Å². The third kappa shape index (κ3) is 6.44. The van der Waals surface area contributed by atoms with Crippen molar-refractivity contribution in [1.82, 2.24) is 15.1 Å². The first-order valence-electron chi connectivity index (χ1n) is 9.66. The van der Waals surface area contributed by atoms with E-state index < -0.39 is 0 Å². The zero-order valence-electron chi connectivity index (χ0n) is 17.0. The van der Waals surface area contributed by atoms with Crippen molar-refractivity contribution in [3.63, 3.8) is 0 Å². The van der Waals surface area contributed by atoms with Gasteiger partial charge in [0.05, 0.1) is 12.1 Å². The molecule has 0 aliphatic carbocycles. The average Bonchev–Trinajstić information content (AvgIpc) is 2.72. The molecule has 0 radical (unpaired) electrons. The predicted molar refractivity (Wildman–Crippen MR) is 125 cm³/mol. The number of hydrogen-bond acceptors (Lipinski definition) is 4. The Morgan fingerprint density at radius 2 is 1.97 bits per heavy atom. The van der Waals surface area contributed by atoms with Crippen LogP contribution in [-0.4, -0.2) is 80.8 Å². The molecule has 1 amide bonds. The Bertz CT molecular complexity index is 695. The molecule has 2 fully saturated rings. The van der Waals surface area contributed by atoms with E-state index in [1.54, 1.807) is 14.2 Å². The van der Waals surface area contributed by atoms with Crippen LogP contribution in [0.25, 0.3) is 0 Å². The van der Waals surface area contributed by atoms with Crippen molar-refractivity contribution in [3.05, 3.63) is 34.9 Å². The highest BCUT2D eigenvalue weighted by atomic mass is 127. The maximum absolute atomic E-state index is 12.7. The summed E-state index contributed by atoms with van der Waals surface area (Å²) < 4.78 is 11.2. The SMILES string of the molecule is CN=C(NCC1(OC)CCOCC1)N1CCN(Cc2ccc(Cl)cc2)C(=O)C1.I. The Balaban J connectivity index is 0.00000300. The van der Waals surface area contributed by atoms with Gasteiger partial charge >= 0.3 is 0 Å². The molecule has 0 atom stereocenters. The van der Waals surface area contributed by atoms with Crippen LogP contribution in [0.15, 0.2) is 29.3 Å². The lowest BCUT2D eigenvalue weighted by Gasteiger charge is -2.39. The van der Waals surface area contributed by atoms with Crippen molar-refractivity contribution in [2.24, 2.45) is 4.99 Å². The number of ether oxygens (including phenoxy) is 2. The summed E-state index contributed by atoms with van der Waals surface area (Å²) in [5, 5.41) is 4.10. The summed E-state index contributed by atoms with van der Waals surface area (Å²) in [5.41, 5.74) is 0.837. The van der Waals surface area contributed by atoms with E-state index in [4.69, 9.17) is 21.1 Å². The van der Waals surface area contributed by atoms with Gasteiger partial charge in [-0.1, -0.05) is 23.7 Å². The van der Waals surface area contributed by atoms with Gasteiger partial charge in [-0.3, -0.25) is 9.79 Å². The number of rotatable bonds is 5. The lowest BCUT2D eigenvalue weighted by atomic mass is 9.94. The third-order valence-electron chi connectivity index (χ3n) is 5.52. The van der Waals surface area contributed by atoms with Crippen LogP contribution in [0.4, 0.5) is 0 Å². The molecule has 1 aromatic carbocycles. The van der Waals surface area contributed by atoms with Crippen molar-refractivity contribution >= 4 is 47.4 Å². The summed E-state index contributed by atoms with van der Waals surface area (Å²) in [6.07, 6.45) is 1.70. The number of hydrogen-bond donors (Lipinski definition) is 1. The molecule has 0 bridgehead atoms. The number of piperazine rings is 1. The maximum Gasteiger partial charge on any atom is 0.242 e. The van der Waals surface area contributed by atoms with Crippen LogP contribution in [0.5, 0.6) is 0 Å². The third-order valence-corrected chi connectivity index (χ3v) is 5.77. The fourth-order valence-corrected chi connectivity index (χ4v) is 3.76. The molecular weight excluding hydrogens is 507 g/mol. The van der Waals surface area contributed by atoms with E-state index in [2.05, 4.69) is 10.3 Å². The summed E-state index contributed by atoms with van der Waals surface area (Å²) in [5.74, 6) is 0.832. The van der Waals surface area contributed by atoms with E-state index >= 15 is 0 Å². The smallest absolute Gasteiger partial charge is 0.242 e. The van der Waals surface area contributed by atoms with Gasteiger partial charge in [-0.2, -0.15) is 0 Å². The molecule has 1 N–H and O–H groups in total. The molecule has 2 saturated heterocycles. The molecule has 0 aromatic heterocycles. The van der Waals surface area contributed by atoms with E-state index in [1.165, 1.54) is 0 Å². The average molecular weight is 537 g/mol. The number of carbonyl (C=O) groups excluding carboxylic acids is 1. The molecule has 3 rings (SSSR count). The van der Waals surface area contributed by atoms with Gasteiger partial charge in [0.2, 0.25) is 5.91 Å². The molecule has 9 heteroatoms. The first-order valence-corrected chi connectivity index (χ1v) is 10.0. The summed E-state index contributed by atoms with van der Waals surface area (Å²) in [6, 6.07) is 7.62. The zero-order chi connectivity index (χ0) is 20.0. The van der Waals surface area contributed by atoms with E-state index in [1.807, 2.05) is 34.1 Å². The van der Waals surface area contributed by atoms with Crippen molar-refractivity contribution < 1.29 is 14.3 Å². The highest BCUT2D eigenvalue weighted by molar-refractivity contribution is 14.0. The van der Waals surface area contributed by atoms with Gasteiger partial charge in [0.15, 0.2) is 5.96 Å². The molecule has 0 unspecified atom stereocenters. The summed E-state index contributed by atoms with van der Waals surface area (Å²) in [4.78, 5) is 20.9. The minimum absolute atomic E-state index is 0. The first-order chi connectivity index (χ1) is 13.5. The molecule has 29 heavy (non-hydrogen) atoms. The Morgan fingerprint density at radius 3 is 2.55 bits per heavy atom. The molecular formula is C20H30ClIN4O3. The topological polar surface area (TPSA) is 66.4 Å². The fraction of sp³-hybridized carbons (Fsp3) is 0.600. The number of methoxy groups -OCH3 is 1. The summed E-state index contributed by atoms with van der Waals surface area (Å²) in [7, 11) is 3.49. The van der Waals surface area contributed by atoms with E-state index in [9.17, 15) is 4.79 Å². The van der Waals surface area contributed by atoms with Crippen LogP contribution in [0.1, 0.15) is 18.4 Å². The minimum atomic E-state index is -0.241. The quantitative estimate of drug-likeness (QED) is 0.356. The largest absolute Gasteiger partial charge is 0.381 e. The zero-order valence-corrected chi connectivity index (χ0v) is 20.1. The van der Waals surface area contributed by atoms with Gasteiger partial charge < -0.3 is 24.6 Å². The number of aliphatic imine (C=N–C) groups is 1. The lowest BCUT2D eigenvalue weighted by molar-refractivity contribution is -0.135. The van der Waals surface area contributed by atoms with E-state index in [-0.39, 0.29) is 35.5 Å². The van der Waals surface area contributed by atoms with Crippen LogP contribution in [0.2, 0.25) is 5.02 Å². The summed E-state index contributed by atoms with van der Waals surface area (Å²) >= 11 is 5.94.